The fourth-order valence-corrected chi connectivity index (χ4v) is 2.89. The Kier molecular flexibility index (Phi) is 5.49. The highest BCUT2D eigenvalue weighted by Crippen LogP contribution is 2.30. The first-order valence-electron chi connectivity index (χ1n) is 8.27. The molecular formula is C19H13F4N3O3S. The fraction of sp³-hybridized carbons (Fsp3) is 0.105. The van der Waals surface area contributed by atoms with Crippen LogP contribution < -0.4 is 21.7 Å². The lowest BCUT2D eigenvalue weighted by atomic mass is 10.1. The van der Waals surface area contributed by atoms with Crippen LogP contribution in [0.4, 0.5) is 17.6 Å². The molecule has 6 nitrogen and oxygen atoms in total. The van der Waals surface area contributed by atoms with Gasteiger partial charge in [-0.1, -0.05) is 30.4 Å². The molecule has 1 heterocycles. The van der Waals surface area contributed by atoms with Gasteiger partial charge in [-0.15, -0.1) is 0 Å². The Bertz CT molecular complexity index is 1250. The van der Waals surface area contributed by atoms with E-state index in [-0.39, 0.29) is 31.5 Å². The lowest BCUT2D eigenvalue weighted by Gasteiger charge is -2.16. The van der Waals surface area contributed by atoms with Crippen molar-refractivity contribution >= 4 is 17.2 Å². The Morgan fingerprint density at radius 2 is 1.73 bits per heavy atom. The Morgan fingerprint density at radius 3 is 2.30 bits per heavy atom. The highest BCUT2D eigenvalue weighted by molar-refractivity contribution is 7.80. The summed E-state index contributed by atoms with van der Waals surface area (Å²) in [7, 11) is 0.823. The molecule has 0 atom stereocenters. The topological polar surface area (TPSA) is 79.2 Å². The summed E-state index contributed by atoms with van der Waals surface area (Å²) in [6, 6.07) is 10.2. The van der Waals surface area contributed by atoms with Crippen molar-refractivity contribution in [3.63, 3.8) is 0 Å². The normalized spacial score (nSPS) is 11.4. The minimum Gasteiger partial charge on any atom is -0.457 e. The van der Waals surface area contributed by atoms with E-state index in [9.17, 15) is 27.2 Å². The number of benzene rings is 2. The summed E-state index contributed by atoms with van der Waals surface area (Å²) in [6.45, 7) is 0. The van der Waals surface area contributed by atoms with Crippen LogP contribution in [-0.2, 0) is 13.2 Å². The molecule has 11 heteroatoms. The van der Waals surface area contributed by atoms with Crippen molar-refractivity contribution < 1.29 is 22.3 Å². The second-order valence-corrected chi connectivity index (χ2v) is 6.56. The zero-order chi connectivity index (χ0) is 22.2. The minimum atomic E-state index is -4.94. The van der Waals surface area contributed by atoms with E-state index in [1.165, 1.54) is 0 Å². The number of hydrogen-bond acceptors (Lipinski definition) is 4. The smallest absolute Gasteiger partial charge is 0.431 e. The summed E-state index contributed by atoms with van der Waals surface area (Å²) in [5, 5.41) is 0. The van der Waals surface area contributed by atoms with Gasteiger partial charge in [0.1, 0.15) is 28.0 Å². The van der Waals surface area contributed by atoms with Gasteiger partial charge in [-0.25, -0.2) is 13.8 Å². The summed E-state index contributed by atoms with van der Waals surface area (Å²) in [5.74, 6) is -0.864. The first-order chi connectivity index (χ1) is 14.0. The molecule has 0 spiro atoms. The number of halogens is 4. The predicted octanol–water partition coefficient (Wildman–Crippen LogP) is 3.12. The molecule has 30 heavy (non-hydrogen) atoms. The van der Waals surface area contributed by atoms with Crippen LogP contribution in [0, 0.1) is 5.82 Å². The van der Waals surface area contributed by atoms with E-state index < -0.39 is 34.6 Å². The minimum absolute atomic E-state index is 0.0214. The first-order valence-corrected chi connectivity index (χ1v) is 8.68. The molecular weight excluding hydrogens is 426 g/mol. The van der Waals surface area contributed by atoms with E-state index in [2.05, 4.69) is 0 Å². The van der Waals surface area contributed by atoms with Gasteiger partial charge in [0.15, 0.2) is 0 Å². The fourth-order valence-electron chi connectivity index (χ4n) is 2.73. The predicted molar refractivity (Wildman–Crippen MR) is 105 cm³/mol. The van der Waals surface area contributed by atoms with Crippen LogP contribution in [-0.4, -0.2) is 14.1 Å². The molecule has 2 aromatic carbocycles. The molecule has 2 N–H and O–H groups in total. The third kappa shape index (κ3) is 3.96. The lowest BCUT2D eigenvalue weighted by Crippen LogP contribution is -2.41. The number of nitrogens with zero attached hydrogens (tertiary/aromatic N) is 2. The largest absolute Gasteiger partial charge is 0.457 e. The van der Waals surface area contributed by atoms with Crippen LogP contribution in [0.15, 0.2) is 58.1 Å². The Morgan fingerprint density at radius 1 is 1.10 bits per heavy atom. The third-order valence-electron chi connectivity index (χ3n) is 4.14. The third-order valence-corrected chi connectivity index (χ3v) is 4.36. The molecule has 0 saturated carbocycles. The maximum atomic E-state index is 14.7. The standard InChI is InChI=1S/C19H13F4N3O3S/c1-25-15(19(21,22)23)9-16(27)26(18(25)28)13-8-14(11(17(24)30)7-12(13)20)29-10-5-3-2-4-6-10/h2-9H,1H3,(H2,24,30). The first kappa shape index (κ1) is 21.2. The van der Waals surface area contributed by atoms with Gasteiger partial charge in [0.05, 0.1) is 11.3 Å². The summed E-state index contributed by atoms with van der Waals surface area (Å²) < 4.78 is 60.0. The van der Waals surface area contributed by atoms with Gasteiger partial charge in [-0.3, -0.25) is 9.36 Å². The van der Waals surface area contributed by atoms with Crippen molar-refractivity contribution in [1.82, 2.24) is 9.13 Å². The van der Waals surface area contributed by atoms with Gasteiger partial charge < -0.3 is 10.5 Å². The average Bonchev–Trinajstić information content (AvgIpc) is 2.66. The maximum Gasteiger partial charge on any atom is 0.431 e. The van der Waals surface area contributed by atoms with Crippen molar-refractivity contribution in [3.8, 4) is 17.2 Å². The van der Waals surface area contributed by atoms with E-state index >= 15 is 0 Å². The van der Waals surface area contributed by atoms with Gasteiger partial charge in [-0.05, 0) is 18.2 Å². The summed E-state index contributed by atoms with van der Waals surface area (Å²) in [5.41, 5.74) is 0.758. The molecule has 3 aromatic rings. The monoisotopic (exact) mass is 439 g/mol. The van der Waals surface area contributed by atoms with Crippen LogP contribution in [0.2, 0.25) is 0 Å². The number of thiocarbonyl (C=S) groups is 1. The second-order valence-electron chi connectivity index (χ2n) is 6.12. The molecule has 0 fully saturated rings. The van der Waals surface area contributed by atoms with Crippen molar-refractivity contribution in [2.45, 2.75) is 6.18 Å². The van der Waals surface area contributed by atoms with Crippen molar-refractivity contribution in [3.05, 3.63) is 86.4 Å². The van der Waals surface area contributed by atoms with Crippen LogP contribution in [0.1, 0.15) is 11.3 Å². The number of rotatable bonds is 4. The molecule has 0 unspecified atom stereocenters. The van der Waals surface area contributed by atoms with Crippen LogP contribution in [0.3, 0.4) is 0 Å². The SMILES string of the molecule is Cn1c(C(F)(F)F)cc(=O)n(-c2cc(Oc3ccccc3)c(C(N)=S)cc2F)c1=O. The Balaban J connectivity index is 2.26. The maximum absolute atomic E-state index is 14.7. The molecule has 3 rings (SSSR count). The Hall–Kier alpha value is -3.47. The van der Waals surface area contributed by atoms with Crippen LogP contribution in [0.5, 0.6) is 11.5 Å². The van der Waals surface area contributed by atoms with Gasteiger partial charge in [0.2, 0.25) is 0 Å². The zero-order valence-electron chi connectivity index (χ0n) is 15.2. The molecule has 156 valence electrons. The van der Waals surface area contributed by atoms with Crippen molar-refractivity contribution in [1.29, 1.82) is 0 Å². The molecule has 1 aromatic heterocycles. The van der Waals surface area contributed by atoms with Gasteiger partial charge in [-0.2, -0.15) is 13.2 Å². The van der Waals surface area contributed by atoms with Crippen LogP contribution >= 0.6 is 12.2 Å². The summed E-state index contributed by atoms with van der Waals surface area (Å²) in [4.78, 5) is 24.5. The molecule has 0 aliphatic carbocycles. The average molecular weight is 439 g/mol. The van der Waals surface area contributed by atoms with E-state index in [4.69, 9.17) is 22.7 Å². The molecule has 0 amide bonds. The summed E-state index contributed by atoms with van der Waals surface area (Å²) in [6.07, 6.45) is -4.94. The number of hydrogen-bond donors (Lipinski definition) is 1. The van der Waals surface area contributed by atoms with Gasteiger partial charge in [0, 0.05) is 19.2 Å². The van der Waals surface area contributed by atoms with Crippen molar-refractivity contribution in [2.75, 3.05) is 0 Å². The number of ether oxygens (including phenoxy) is 1. The number of para-hydroxylation sites is 1. The molecule has 0 aliphatic rings. The number of alkyl halides is 3. The molecule has 0 saturated heterocycles. The Labute approximate surface area is 171 Å². The second kappa shape index (κ2) is 7.75. The quantitative estimate of drug-likeness (QED) is 0.499. The van der Waals surface area contributed by atoms with Gasteiger partial charge >= 0.3 is 11.9 Å². The lowest BCUT2D eigenvalue weighted by molar-refractivity contribution is -0.144. The number of nitrogens with two attached hydrogens (primary N) is 1. The van der Waals surface area contributed by atoms with E-state index in [1.54, 1.807) is 30.3 Å². The van der Waals surface area contributed by atoms with E-state index in [1.807, 2.05) is 0 Å². The molecule has 0 aliphatic heterocycles. The van der Waals surface area contributed by atoms with Crippen LogP contribution in [0.25, 0.3) is 5.69 Å². The number of aromatic nitrogens is 2. The highest BCUT2D eigenvalue weighted by atomic mass is 32.1. The van der Waals surface area contributed by atoms with Crippen molar-refractivity contribution in [2.24, 2.45) is 12.8 Å². The molecule has 0 radical (unpaired) electrons. The highest BCUT2D eigenvalue weighted by Gasteiger charge is 2.35. The van der Waals surface area contributed by atoms with Gasteiger partial charge in [0.25, 0.3) is 5.56 Å². The molecule has 0 bridgehead atoms. The zero-order valence-corrected chi connectivity index (χ0v) is 16.1. The summed E-state index contributed by atoms with van der Waals surface area (Å²) >= 11 is 4.89. The van der Waals surface area contributed by atoms with E-state index in [0.717, 1.165) is 19.2 Å². The van der Waals surface area contributed by atoms with E-state index in [0.29, 0.717) is 5.75 Å².